The van der Waals surface area contributed by atoms with E-state index in [0.717, 1.165) is 0 Å². The van der Waals surface area contributed by atoms with E-state index in [0.29, 0.717) is 0 Å². The van der Waals surface area contributed by atoms with Crippen LogP contribution in [0, 0.1) is 6.58 Å². The molecule has 0 nitrogen and oxygen atoms in total. The van der Waals surface area contributed by atoms with E-state index in [4.69, 9.17) is 6.58 Å². The third-order valence-electron chi connectivity index (χ3n) is 4.47. The summed E-state index contributed by atoms with van der Waals surface area (Å²) in [6.45, 7) is 7.58. The highest BCUT2D eigenvalue weighted by Gasteiger charge is 1.94. The SMILES string of the molecule is [CH]=C/C=C/CCCCCCCCCCCCCCCCCC. The Morgan fingerprint density at radius 2 is 0.909 bits per heavy atom. The standard InChI is InChI=1S/C22H41/c1-3-5-7-9-11-13-15-17-19-21-22-20-18-16-14-12-10-8-6-4-2/h1,3,5,7H,4,6,8-22H2,2H3/b3-1?,7-5+. The third-order valence-corrected chi connectivity index (χ3v) is 4.47. The highest BCUT2D eigenvalue weighted by Crippen LogP contribution is 2.14. The Hall–Kier alpha value is -0.520. The second-order valence-corrected chi connectivity index (χ2v) is 6.71. The summed E-state index contributed by atoms with van der Waals surface area (Å²) in [4.78, 5) is 0. The molecule has 129 valence electrons. The van der Waals surface area contributed by atoms with Gasteiger partial charge in [0.1, 0.15) is 0 Å². The van der Waals surface area contributed by atoms with Crippen LogP contribution in [0.25, 0.3) is 0 Å². The maximum Gasteiger partial charge on any atom is -0.0348 e. The van der Waals surface area contributed by atoms with Crippen molar-refractivity contribution in [1.29, 1.82) is 0 Å². The van der Waals surface area contributed by atoms with Crippen molar-refractivity contribution < 1.29 is 0 Å². The van der Waals surface area contributed by atoms with E-state index >= 15 is 0 Å². The quantitative estimate of drug-likeness (QED) is 0.177. The Labute approximate surface area is 141 Å². The molecule has 0 fully saturated rings. The van der Waals surface area contributed by atoms with Crippen molar-refractivity contribution in [3.8, 4) is 0 Å². The molecule has 0 aromatic heterocycles. The fourth-order valence-electron chi connectivity index (χ4n) is 2.99. The van der Waals surface area contributed by atoms with Gasteiger partial charge in [-0.2, -0.15) is 0 Å². The lowest BCUT2D eigenvalue weighted by atomic mass is 10.0. The van der Waals surface area contributed by atoms with Crippen LogP contribution in [-0.2, 0) is 0 Å². The van der Waals surface area contributed by atoms with Gasteiger partial charge in [-0.25, -0.2) is 0 Å². The minimum Gasteiger partial charge on any atom is -0.0845 e. The zero-order valence-corrected chi connectivity index (χ0v) is 15.3. The lowest BCUT2D eigenvalue weighted by molar-refractivity contribution is 0.530. The van der Waals surface area contributed by atoms with E-state index in [-0.39, 0.29) is 0 Å². The van der Waals surface area contributed by atoms with Crippen molar-refractivity contribution in [2.24, 2.45) is 0 Å². The predicted octanol–water partition coefficient (Wildman–Crippen LogP) is 8.18. The summed E-state index contributed by atoms with van der Waals surface area (Å²) in [5.74, 6) is 0. The van der Waals surface area contributed by atoms with Gasteiger partial charge in [-0.1, -0.05) is 128 Å². The van der Waals surface area contributed by atoms with Gasteiger partial charge in [0.25, 0.3) is 0 Å². The van der Waals surface area contributed by atoms with Crippen LogP contribution in [0.3, 0.4) is 0 Å². The first-order valence-corrected chi connectivity index (χ1v) is 10.1. The van der Waals surface area contributed by atoms with Crippen molar-refractivity contribution in [3.63, 3.8) is 0 Å². The molecule has 0 amide bonds. The molecule has 0 aromatic rings. The Balaban J connectivity index is 2.97. The Morgan fingerprint density at radius 1 is 0.545 bits per heavy atom. The number of hydrogen-bond donors (Lipinski definition) is 0. The van der Waals surface area contributed by atoms with Crippen LogP contribution in [-0.4, -0.2) is 0 Å². The van der Waals surface area contributed by atoms with Gasteiger partial charge in [-0.05, 0) is 12.8 Å². The van der Waals surface area contributed by atoms with Crippen LogP contribution in [0.1, 0.15) is 116 Å². The molecule has 0 rings (SSSR count). The largest absolute Gasteiger partial charge is 0.0845 e. The molecule has 22 heavy (non-hydrogen) atoms. The summed E-state index contributed by atoms with van der Waals surface area (Å²) < 4.78 is 0. The Morgan fingerprint density at radius 3 is 1.27 bits per heavy atom. The molecule has 0 aliphatic carbocycles. The molecule has 0 heteroatoms. The molecule has 0 heterocycles. The van der Waals surface area contributed by atoms with Crippen LogP contribution >= 0.6 is 0 Å². The van der Waals surface area contributed by atoms with Gasteiger partial charge in [0.15, 0.2) is 0 Å². The van der Waals surface area contributed by atoms with Crippen LogP contribution < -0.4 is 0 Å². The van der Waals surface area contributed by atoms with Crippen LogP contribution in [0.4, 0.5) is 0 Å². The minimum absolute atomic E-state index is 1.19. The molecular weight excluding hydrogens is 264 g/mol. The van der Waals surface area contributed by atoms with Gasteiger partial charge >= 0.3 is 0 Å². The van der Waals surface area contributed by atoms with E-state index < -0.39 is 0 Å². The monoisotopic (exact) mass is 305 g/mol. The average molecular weight is 306 g/mol. The van der Waals surface area contributed by atoms with E-state index in [1.807, 2.05) is 6.08 Å². The zero-order chi connectivity index (χ0) is 16.1. The van der Waals surface area contributed by atoms with Crippen molar-refractivity contribution in [2.45, 2.75) is 116 Å². The van der Waals surface area contributed by atoms with Gasteiger partial charge in [-0.15, -0.1) is 0 Å². The third kappa shape index (κ3) is 19.5. The van der Waals surface area contributed by atoms with Gasteiger partial charge in [0.2, 0.25) is 0 Å². The maximum atomic E-state index is 5.29. The van der Waals surface area contributed by atoms with E-state index in [1.54, 1.807) is 6.08 Å². The molecule has 0 aromatic carbocycles. The van der Waals surface area contributed by atoms with E-state index in [2.05, 4.69) is 13.0 Å². The lowest BCUT2D eigenvalue weighted by Gasteiger charge is -2.03. The number of unbranched alkanes of at least 4 members (excludes halogenated alkanes) is 16. The minimum atomic E-state index is 1.19. The van der Waals surface area contributed by atoms with Crippen molar-refractivity contribution in [2.75, 3.05) is 0 Å². The van der Waals surface area contributed by atoms with Crippen molar-refractivity contribution in [1.82, 2.24) is 0 Å². The predicted molar refractivity (Wildman–Crippen MR) is 102 cm³/mol. The summed E-state index contributed by atoms with van der Waals surface area (Å²) in [6.07, 6.45) is 29.9. The summed E-state index contributed by atoms with van der Waals surface area (Å²) in [6, 6.07) is 0. The van der Waals surface area contributed by atoms with Crippen LogP contribution in [0.5, 0.6) is 0 Å². The first-order valence-electron chi connectivity index (χ1n) is 10.1. The fourth-order valence-corrected chi connectivity index (χ4v) is 2.99. The fraction of sp³-hybridized carbons (Fsp3) is 0.818. The molecule has 0 spiro atoms. The summed E-state index contributed by atoms with van der Waals surface area (Å²) in [7, 11) is 0. The first-order chi connectivity index (χ1) is 10.9. The van der Waals surface area contributed by atoms with E-state index in [9.17, 15) is 0 Å². The van der Waals surface area contributed by atoms with Crippen molar-refractivity contribution in [3.05, 3.63) is 24.8 Å². The molecule has 0 saturated carbocycles. The molecular formula is C22H41. The Bertz CT molecular complexity index is 226. The lowest BCUT2D eigenvalue weighted by Crippen LogP contribution is -1.83. The smallest absolute Gasteiger partial charge is 0.0348 e. The van der Waals surface area contributed by atoms with Crippen LogP contribution in [0.15, 0.2) is 18.2 Å². The maximum absolute atomic E-state index is 5.29. The average Bonchev–Trinajstić information content (AvgIpc) is 2.54. The topological polar surface area (TPSA) is 0 Å². The second kappa shape index (κ2) is 20.5. The van der Waals surface area contributed by atoms with E-state index in [1.165, 1.54) is 109 Å². The highest BCUT2D eigenvalue weighted by atomic mass is 14.0. The molecule has 0 bridgehead atoms. The molecule has 1 radical (unpaired) electrons. The Kier molecular flexibility index (Phi) is 20.0. The molecule has 0 saturated heterocycles. The zero-order valence-electron chi connectivity index (χ0n) is 15.3. The van der Waals surface area contributed by atoms with Crippen molar-refractivity contribution >= 4 is 0 Å². The highest BCUT2D eigenvalue weighted by molar-refractivity contribution is 4.95. The summed E-state index contributed by atoms with van der Waals surface area (Å²) in [5, 5.41) is 0. The summed E-state index contributed by atoms with van der Waals surface area (Å²) >= 11 is 0. The van der Waals surface area contributed by atoms with Crippen LogP contribution in [0.2, 0.25) is 0 Å². The second-order valence-electron chi connectivity index (χ2n) is 6.71. The molecule has 0 atom stereocenters. The normalized spacial score (nSPS) is 11.3. The number of hydrogen-bond acceptors (Lipinski definition) is 0. The molecule has 0 aliphatic rings. The molecule has 0 N–H and O–H groups in total. The van der Waals surface area contributed by atoms with Gasteiger partial charge in [0.05, 0.1) is 0 Å². The molecule has 0 unspecified atom stereocenters. The molecule has 0 aliphatic heterocycles. The van der Waals surface area contributed by atoms with Gasteiger partial charge < -0.3 is 0 Å². The first kappa shape index (κ1) is 21.5. The van der Waals surface area contributed by atoms with Gasteiger partial charge in [-0.3, -0.25) is 0 Å². The number of rotatable bonds is 18. The van der Waals surface area contributed by atoms with Gasteiger partial charge in [0, 0.05) is 0 Å². The summed E-state index contributed by atoms with van der Waals surface area (Å²) in [5.41, 5.74) is 0. The number of allylic oxidation sites excluding steroid dienone is 3.